The van der Waals surface area contributed by atoms with Crippen molar-refractivity contribution in [3.8, 4) is 0 Å². The lowest BCUT2D eigenvalue weighted by Crippen LogP contribution is -2.48. The molecule has 0 bridgehead atoms. The van der Waals surface area contributed by atoms with Crippen LogP contribution >= 0.6 is 0 Å². The minimum absolute atomic E-state index is 0.0115. The molecule has 96 valence electrons. The van der Waals surface area contributed by atoms with E-state index in [9.17, 15) is 9.59 Å². The van der Waals surface area contributed by atoms with Crippen LogP contribution in [0.2, 0.25) is 0 Å². The summed E-state index contributed by atoms with van der Waals surface area (Å²) in [5.41, 5.74) is 0. The zero-order valence-electron chi connectivity index (χ0n) is 10.5. The van der Waals surface area contributed by atoms with Gasteiger partial charge in [0.05, 0.1) is 5.92 Å². The summed E-state index contributed by atoms with van der Waals surface area (Å²) < 4.78 is 0. The first-order valence-electron chi connectivity index (χ1n) is 6.34. The van der Waals surface area contributed by atoms with E-state index in [2.05, 4.69) is 17.6 Å². The summed E-state index contributed by atoms with van der Waals surface area (Å²) in [6.45, 7) is 4.59. The van der Waals surface area contributed by atoms with Crippen LogP contribution < -0.4 is 10.6 Å². The lowest BCUT2D eigenvalue weighted by Gasteiger charge is -2.27. The van der Waals surface area contributed by atoms with Crippen molar-refractivity contribution in [2.75, 3.05) is 26.7 Å². The van der Waals surface area contributed by atoms with Gasteiger partial charge in [0.15, 0.2) is 0 Å². The predicted molar refractivity (Wildman–Crippen MR) is 64.3 cm³/mol. The highest BCUT2D eigenvalue weighted by molar-refractivity contribution is 5.89. The van der Waals surface area contributed by atoms with Crippen LogP contribution in [0.15, 0.2) is 0 Å². The summed E-state index contributed by atoms with van der Waals surface area (Å²) in [6, 6.07) is -0.301. The monoisotopic (exact) mass is 239 g/mol. The Balaban J connectivity index is 1.86. The molecule has 2 rings (SSSR count). The van der Waals surface area contributed by atoms with Crippen LogP contribution in [0.3, 0.4) is 0 Å². The Kier molecular flexibility index (Phi) is 3.66. The lowest BCUT2D eigenvalue weighted by molar-refractivity contribution is -0.133. The van der Waals surface area contributed by atoms with Gasteiger partial charge in [-0.1, -0.05) is 6.92 Å². The van der Waals surface area contributed by atoms with Crippen LogP contribution in [0.25, 0.3) is 0 Å². The summed E-state index contributed by atoms with van der Waals surface area (Å²) in [5.74, 6) is 0.603. The summed E-state index contributed by atoms with van der Waals surface area (Å²) in [6.07, 6.45) is 1.65. The Labute approximate surface area is 102 Å². The van der Waals surface area contributed by atoms with Gasteiger partial charge in [-0.15, -0.1) is 0 Å². The molecular weight excluding hydrogens is 218 g/mol. The molecule has 3 atom stereocenters. The predicted octanol–water partition coefficient (Wildman–Crippen LogP) is -0.421. The van der Waals surface area contributed by atoms with Gasteiger partial charge in [0.25, 0.3) is 0 Å². The molecule has 5 heteroatoms. The van der Waals surface area contributed by atoms with Crippen molar-refractivity contribution in [2.45, 2.75) is 25.8 Å². The third kappa shape index (κ3) is 2.77. The molecule has 2 fully saturated rings. The summed E-state index contributed by atoms with van der Waals surface area (Å²) in [7, 11) is 1.78. The van der Waals surface area contributed by atoms with Crippen LogP contribution in [0.1, 0.15) is 19.8 Å². The topological polar surface area (TPSA) is 61.4 Å². The van der Waals surface area contributed by atoms with Crippen molar-refractivity contribution in [1.29, 1.82) is 0 Å². The molecule has 0 aromatic heterocycles. The smallest absolute Gasteiger partial charge is 0.244 e. The highest BCUT2D eigenvalue weighted by Gasteiger charge is 2.33. The highest BCUT2D eigenvalue weighted by atomic mass is 16.2. The zero-order chi connectivity index (χ0) is 12.4. The van der Waals surface area contributed by atoms with Gasteiger partial charge in [-0.25, -0.2) is 0 Å². The maximum atomic E-state index is 12.0. The maximum absolute atomic E-state index is 12.0. The maximum Gasteiger partial charge on any atom is 0.244 e. The standard InChI is InChI=1S/C12H21N3O2/c1-8-5-9(7-13-6-8)11(16)14-10-3-4-15(2)12(10)17/h8-10,13H,3-7H2,1-2H3,(H,14,16). The van der Waals surface area contributed by atoms with Crippen molar-refractivity contribution in [3.63, 3.8) is 0 Å². The lowest BCUT2D eigenvalue weighted by atomic mass is 9.91. The summed E-state index contributed by atoms with van der Waals surface area (Å²) in [4.78, 5) is 25.4. The molecule has 2 aliphatic heterocycles. The number of amides is 2. The van der Waals surface area contributed by atoms with Crippen molar-refractivity contribution >= 4 is 11.8 Å². The average Bonchev–Trinajstić information content (AvgIpc) is 2.61. The molecular formula is C12H21N3O2. The number of nitrogens with one attached hydrogen (secondary N) is 2. The number of likely N-dealkylation sites (tertiary alicyclic amines) is 1. The zero-order valence-corrected chi connectivity index (χ0v) is 10.5. The van der Waals surface area contributed by atoms with E-state index in [1.807, 2.05) is 0 Å². The van der Waals surface area contributed by atoms with E-state index in [0.29, 0.717) is 5.92 Å². The first kappa shape index (κ1) is 12.4. The van der Waals surface area contributed by atoms with E-state index in [0.717, 1.165) is 32.5 Å². The van der Waals surface area contributed by atoms with Crippen LogP contribution in [-0.2, 0) is 9.59 Å². The summed E-state index contributed by atoms with van der Waals surface area (Å²) in [5, 5.41) is 6.13. The van der Waals surface area contributed by atoms with E-state index in [1.165, 1.54) is 0 Å². The van der Waals surface area contributed by atoms with Gasteiger partial charge >= 0.3 is 0 Å². The molecule has 2 heterocycles. The summed E-state index contributed by atoms with van der Waals surface area (Å²) >= 11 is 0. The van der Waals surface area contributed by atoms with Gasteiger partial charge in [0.1, 0.15) is 6.04 Å². The van der Waals surface area contributed by atoms with Gasteiger partial charge in [-0.05, 0) is 25.3 Å². The molecule has 0 aliphatic carbocycles. The first-order valence-corrected chi connectivity index (χ1v) is 6.34. The molecule has 2 N–H and O–H groups in total. The fraction of sp³-hybridized carbons (Fsp3) is 0.833. The molecule has 2 saturated heterocycles. The number of rotatable bonds is 2. The van der Waals surface area contributed by atoms with E-state index in [4.69, 9.17) is 0 Å². The molecule has 17 heavy (non-hydrogen) atoms. The number of hydrogen-bond donors (Lipinski definition) is 2. The molecule has 3 unspecified atom stereocenters. The third-order valence-corrected chi connectivity index (χ3v) is 3.69. The van der Waals surface area contributed by atoms with Crippen molar-refractivity contribution in [3.05, 3.63) is 0 Å². The molecule has 0 saturated carbocycles. The van der Waals surface area contributed by atoms with Crippen LogP contribution in [-0.4, -0.2) is 49.4 Å². The fourth-order valence-electron chi connectivity index (χ4n) is 2.60. The Morgan fingerprint density at radius 2 is 2.24 bits per heavy atom. The van der Waals surface area contributed by atoms with E-state index in [1.54, 1.807) is 11.9 Å². The highest BCUT2D eigenvalue weighted by Crippen LogP contribution is 2.17. The Hall–Kier alpha value is -1.10. The molecule has 0 aromatic rings. The molecule has 5 nitrogen and oxygen atoms in total. The quantitative estimate of drug-likeness (QED) is 0.688. The number of hydrogen-bond acceptors (Lipinski definition) is 3. The number of carbonyl (C=O) groups excluding carboxylic acids is 2. The second-order valence-corrected chi connectivity index (χ2v) is 5.31. The molecule has 2 aliphatic rings. The second-order valence-electron chi connectivity index (χ2n) is 5.31. The van der Waals surface area contributed by atoms with Crippen molar-refractivity contribution < 1.29 is 9.59 Å². The number of nitrogens with zero attached hydrogens (tertiary/aromatic N) is 1. The third-order valence-electron chi connectivity index (χ3n) is 3.69. The Morgan fingerprint density at radius 1 is 1.47 bits per heavy atom. The van der Waals surface area contributed by atoms with E-state index in [-0.39, 0.29) is 23.8 Å². The molecule has 2 amide bonds. The van der Waals surface area contributed by atoms with Gasteiger partial charge in [-0.3, -0.25) is 9.59 Å². The van der Waals surface area contributed by atoms with Crippen molar-refractivity contribution in [2.24, 2.45) is 11.8 Å². The van der Waals surface area contributed by atoms with E-state index >= 15 is 0 Å². The number of carbonyl (C=O) groups is 2. The molecule has 0 radical (unpaired) electrons. The van der Waals surface area contributed by atoms with Gasteiger partial charge < -0.3 is 15.5 Å². The Morgan fingerprint density at radius 3 is 2.82 bits per heavy atom. The largest absolute Gasteiger partial charge is 0.344 e. The van der Waals surface area contributed by atoms with Crippen molar-refractivity contribution in [1.82, 2.24) is 15.5 Å². The second kappa shape index (κ2) is 5.04. The van der Waals surface area contributed by atoms with Crippen LogP contribution in [0.4, 0.5) is 0 Å². The number of piperidine rings is 1. The van der Waals surface area contributed by atoms with Crippen LogP contribution in [0, 0.1) is 11.8 Å². The minimum atomic E-state index is -0.301. The van der Waals surface area contributed by atoms with Gasteiger partial charge in [0.2, 0.25) is 11.8 Å². The Bertz CT molecular complexity index is 319. The van der Waals surface area contributed by atoms with Crippen LogP contribution in [0.5, 0.6) is 0 Å². The average molecular weight is 239 g/mol. The van der Waals surface area contributed by atoms with E-state index < -0.39 is 0 Å². The number of likely N-dealkylation sites (N-methyl/N-ethyl adjacent to an activating group) is 1. The fourth-order valence-corrected chi connectivity index (χ4v) is 2.60. The molecule has 0 aromatic carbocycles. The first-order chi connectivity index (χ1) is 8.08. The van der Waals surface area contributed by atoms with Gasteiger partial charge in [-0.2, -0.15) is 0 Å². The SMILES string of the molecule is CC1CNCC(C(=O)NC2CCN(C)C2=O)C1. The molecule has 0 spiro atoms. The normalized spacial score (nSPS) is 33.9. The van der Waals surface area contributed by atoms with Gasteiger partial charge in [0, 0.05) is 20.1 Å². The minimum Gasteiger partial charge on any atom is -0.344 e.